The van der Waals surface area contributed by atoms with E-state index in [0.717, 1.165) is 12.3 Å². The van der Waals surface area contributed by atoms with Crippen LogP contribution < -0.4 is 4.72 Å². The number of aromatic nitrogens is 1. The number of hydrogen-bond acceptors (Lipinski definition) is 3. The van der Waals surface area contributed by atoms with Crippen LogP contribution in [0.4, 0.5) is 13.2 Å². The maximum absolute atomic E-state index is 12.7. The smallest absolute Gasteiger partial charge is 0.263 e. The highest BCUT2D eigenvalue weighted by Crippen LogP contribution is 2.31. The number of halogens is 3. The Bertz CT molecular complexity index is 824. The molecule has 0 atom stereocenters. The van der Waals surface area contributed by atoms with Gasteiger partial charge in [-0.15, -0.1) is 0 Å². The molecule has 1 N–H and O–H groups in total. The van der Waals surface area contributed by atoms with Crippen LogP contribution in [0.15, 0.2) is 47.6 Å². The molecular weight excluding hydrogens is 341 g/mol. The molecule has 24 heavy (non-hydrogen) atoms. The highest BCUT2D eigenvalue weighted by atomic mass is 32.2. The third kappa shape index (κ3) is 4.55. The molecule has 0 spiro atoms. The van der Waals surface area contributed by atoms with Crippen molar-refractivity contribution in [1.82, 2.24) is 9.71 Å². The number of alkyl halides is 3. The molecule has 1 aromatic carbocycles. The maximum atomic E-state index is 12.7. The van der Waals surface area contributed by atoms with Gasteiger partial charge in [0.2, 0.25) is 10.0 Å². The lowest BCUT2D eigenvalue weighted by Crippen LogP contribution is -2.40. The summed E-state index contributed by atoms with van der Waals surface area (Å²) in [5.41, 5.74) is -0.783. The Morgan fingerprint density at radius 2 is 1.54 bits per heavy atom. The fraction of sp³-hybridized carbons (Fsp3) is 0.312. The Morgan fingerprint density at radius 1 is 0.958 bits per heavy atom. The zero-order valence-electron chi connectivity index (χ0n) is 13.3. The van der Waals surface area contributed by atoms with E-state index in [1.807, 2.05) is 0 Å². The third-order valence-electron chi connectivity index (χ3n) is 3.00. The summed E-state index contributed by atoms with van der Waals surface area (Å²) in [6.45, 7) is 5.15. The molecule has 8 heteroatoms. The van der Waals surface area contributed by atoms with Crippen molar-refractivity contribution in [1.29, 1.82) is 0 Å². The number of nitrogens with zero attached hydrogens (tertiary/aromatic N) is 1. The maximum Gasteiger partial charge on any atom is 0.417 e. The molecule has 1 heterocycles. The average Bonchev–Trinajstić information content (AvgIpc) is 2.44. The monoisotopic (exact) mass is 358 g/mol. The Balaban J connectivity index is 2.34. The number of rotatable bonds is 3. The fourth-order valence-corrected chi connectivity index (χ4v) is 3.46. The van der Waals surface area contributed by atoms with Gasteiger partial charge < -0.3 is 0 Å². The van der Waals surface area contributed by atoms with E-state index in [-0.39, 0.29) is 10.5 Å². The third-order valence-corrected chi connectivity index (χ3v) is 4.78. The first kappa shape index (κ1) is 18.4. The van der Waals surface area contributed by atoms with Gasteiger partial charge in [0.1, 0.15) is 0 Å². The van der Waals surface area contributed by atoms with Crippen LogP contribution in [0.1, 0.15) is 26.3 Å². The van der Waals surface area contributed by atoms with Gasteiger partial charge in [0, 0.05) is 23.5 Å². The van der Waals surface area contributed by atoms with Crippen LogP contribution in [-0.4, -0.2) is 18.9 Å². The standard InChI is InChI=1S/C16H17F3N2O2S/c1-15(2,3)21-24(22,23)14-6-4-11(5-7-14)12-8-13(10-20-9-12)16(17,18)19/h4-10,21H,1-3H3. The summed E-state index contributed by atoms with van der Waals surface area (Å²) in [4.78, 5) is 3.64. The second-order valence-corrected chi connectivity index (χ2v) is 8.02. The molecule has 0 amide bonds. The zero-order valence-corrected chi connectivity index (χ0v) is 14.2. The molecule has 130 valence electrons. The van der Waals surface area contributed by atoms with Crippen LogP contribution >= 0.6 is 0 Å². The van der Waals surface area contributed by atoms with Gasteiger partial charge in [0.05, 0.1) is 10.5 Å². The van der Waals surface area contributed by atoms with Crippen molar-refractivity contribution in [3.63, 3.8) is 0 Å². The normalized spacial score (nSPS) is 13.1. The lowest BCUT2D eigenvalue weighted by Gasteiger charge is -2.20. The van der Waals surface area contributed by atoms with Gasteiger partial charge in [-0.25, -0.2) is 13.1 Å². The summed E-state index contributed by atoms with van der Waals surface area (Å²) in [7, 11) is -3.69. The van der Waals surface area contributed by atoms with Gasteiger partial charge >= 0.3 is 6.18 Å². The summed E-state index contributed by atoms with van der Waals surface area (Å²) in [6, 6.07) is 6.58. The van der Waals surface area contributed by atoms with Crippen LogP contribution in [0.5, 0.6) is 0 Å². The molecule has 2 aromatic rings. The summed E-state index contributed by atoms with van der Waals surface area (Å²) in [6.07, 6.45) is -2.44. The molecule has 2 rings (SSSR count). The van der Waals surface area contributed by atoms with Crippen LogP contribution in [-0.2, 0) is 16.2 Å². The topological polar surface area (TPSA) is 59.1 Å². The minimum Gasteiger partial charge on any atom is -0.263 e. The van der Waals surface area contributed by atoms with Crippen molar-refractivity contribution >= 4 is 10.0 Å². The van der Waals surface area contributed by atoms with Crippen LogP contribution in [0.3, 0.4) is 0 Å². The van der Waals surface area contributed by atoms with Crippen molar-refractivity contribution in [2.24, 2.45) is 0 Å². The lowest BCUT2D eigenvalue weighted by molar-refractivity contribution is -0.137. The van der Waals surface area contributed by atoms with Crippen molar-refractivity contribution in [3.8, 4) is 11.1 Å². The Hall–Kier alpha value is -1.93. The van der Waals surface area contributed by atoms with E-state index in [4.69, 9.17) is 0 Å². The molecule has 0 aliphatic carbocycles. The molecule has 0 aliphatic heterocycles. The first-order valence-corrected chi connectivity index (χ1v) is 8.53. The summed E-state index contributed by atoms with van der Waals surface area (Å²) >= 11 is 0. The first-order chi connectivity index (χ1) is 10.9. The van der Waals surface area contributed by atoms with Gasteiger partial charge in [-0.3, -0.25) is 4.98 Å². The molecule has 0 saturated carbocycles. The largest absolute Gasteiger partial charge is 0.417 e. The van der Waals surface area contributed by atoms with Gasteiger partial charge in [-0.2, -0.15) is 13.2 Å². The van der Waals surface area contributed by atoms with Crippen LogP contribution in [0, 0.1) is 0 Å². The van der Waals surface area contributed by atoms with E-state index in [0.29, 0.717) is 5.56 Å². The predicted octanol–water partition coefficient (Wildman–Crippen LogP) is 3.84. The molecule has 0 unspecified atom stereocenters. The number of benzene rings is 1. The molecule has 0 aliphatic rings. The van der Waals surface area contributed by atoms with Gasteiger partial charge in [0.25, 0.3) is 0 Å². The Morgan fingerprint density at radius 3 is 2.04 bits per heavy atom. The highest BCUT2D eigenvalue weighted by molar-refractivity contribution is 7.89. The van der Waals surface area contributed by atoms with Gasteiger partial charge in [0.15, 0.2) is 0 Å². The first-order valence-electron chi connectivity index (χ1n) is 7.05. The van der Waals surface area contributed by atoms with Crippen molar-refractivity contribution in [2.45, 2.75) is 37.4 Å². The lowest BCUT2D eigenvalue weighted by atomic mass is 10.1. The van der Waals surface area contributed by atoms with Crippen molar-refractivity contribution in [2.75, 3.05) is 0 Å². The zero-order chi connectivity index (χ0) is 18.2. The second kappa shape index (κ2) is 6.18. The van der Waals surface area contributed by atoms with E-state index in [1.54, 1.807) is 20.8 Å². The van der Waals surface area contributed by atoms with E-state index in [1.165, 1.54) is 30.5 Å². The van der Waals surface area contributed by atoms with Gasteiger partial charge in [-0.05, 0) is 44.5 Å². The molecule has 0 fully saturated rings. The van der Waals surface area contributed by atoms with Crippen LogP contribution in [0.2, 0.25) is 0 Å². The molecule has 0 saturated heterocycles. The molecule has 1 aromatic heterocycles. The SMILES string of the molecule is CC(C)(C)NS(=O)(=O)c1ccc(-c2cncc(C(F)(F)F)c2)cc1. The fourth-order valence-electron chi connectivity index (χ4n) is 2.04. The number of nitrogens with one attached hydrogen (secondary N) is 1. The van der Waals surface area contributed by atoms with E-state index in [9.17, 15) is 21.6 Å². The van der Waals surface area contributed by atoms with Gasteiger partial charge in [-0.1, -0.05) is 12.1 Å². The predicted molar refractivity (Wildman–Crippen MR) is 84.7 cm³/mol. The quantitative estimate of drug-likeness (QED) is 0.907. The van der Waals surface area contributed by atoms with E-state index < -0.39 is 27.3 Å². The van der Waals surface area contributed by atoms with Crippen molar-refractivity contribution < 1.29 is 21.6 Å². The number of pyridine rings is 1. The molecule has 4 nitrogen and oxygen atoms in total. The minimum absolute atomic E-state index is 0.0427. The summed E-state index contributed by atoms with van der Waals surface area (Å²) in [5, 5.41) is 0. The van der Waals surface area contributed by atoms with E-state index >= 15 is 0 Å². The molecular formula is C16H17F3N2O2S. The second-order valence-electron chi connectivity index (χ2n) is 6.34. The van der Waals surface area contributed by atoms with Crippen molar-refractivity contribution in [3.05, 3.63) is 48.3 Å². The highest BCUT2D eigenvalue weighted by Gasteiger charge is 2.31. The Kier molecular flexibility index (Phi) is 4.74. The summed E-state index contributed by atoms with van der Waals surface area (Å²) < 4.78 is 65.1. The van der Waals surface area contributed by atoms with Crippen LogP contribution in [0.25, 0.3) is 11.1 Å². The molecule has 0 radical (unpaired) electrons. The molecule has 0 bridgehead atoms. The number of sulfonamides is 1. The minimum atomic E-state index is -4.48. The van der Waals surface area contributed by atoms with E-state index in [2.05, 4.69) is 9.71 Å². The Labute approximate surface area is 138 Å². The number of hydrogen-bond donors (Lipinski definition) is 1. The summed E-state index contributed by atoms with van der Waals surface area (Å²) in [5.74, 6) is 0. The average molecular weight is 358 g/mol.